The summed E-state index contributed by atoms with van der Waals surface area (Å²) in [6.45, 7) is 0. The van der Waals surface area contributed by atoms with Gasteiger partial charge in [-0.25, -0.2) is 4.79 Å². The lowest BCUT2D eigenvalue weighted by Gasteiger charge is -2.14. The van der Waals surface area contributed by atoms with Crippen LogP contribution in [-0.4, -0.2) is 13.1 Å². The summed E-state index contributed by atoms with van der Waals surface area (Å²) in [6.07, 6.45) is 0. The molecular weight excluding hydrogens is 249 g/mol. The van der Waals surface area contributed by atoms with E-state index in [2.05, 4.69) is 4.74 Å². The van der Waals surface area contributed by atoms with Gasteiger partial charge in [0, 0.05) is 5.56 Å². The minimum Gasteiger partial charge on any atom is -0.464 e. The molecule has 0 saturated carbocycles. The maximum atomic E-state index is 13.3. The molecule has 0 heterocycles. The van der Waals surface area contributed by atoms with Crippen LogP contribution >= 0.6 is 23.2 Å². The minimum absolute atomic E-state index is 0.0438. The van der Waals surface area contributed by atoms with Gasteiger partial charge in [-0.1, -0.05) is 29.3 Å². The summed E-state index contributed by atoms with van der Waals surface area (Å²) in [6, 6.07) is 3.14. The number of hydrogen-bond acceptors (Lipinski definition) is 2. The summed E-state index contributed by atoms with van der Waals surface area (Å²) in [7, 11) is 0.883. The number of rotatable bonds is 2. The van der Waals surface area contributed by atoms with Crippen molar-refractivity contribution in [3.8, 4) is 0 Å². The molecule has 0 atom stereocenters. The summed E-state index contributed by atoms with van der Waals surface area (Å²) in [5, 5.41) is 0.0961. The van der Waals surface area contributed by atoms with Crippen LogP contribution in [0, 0.1) is 0 Å². The zero-order chi connectivity index (χ0) is 11.6. The van der Waals surface area contributed by atoms with Crippen molar-refractivity contribution in [2.24, 2.45) is 0 Å². The van der Waals surface area contributed by atoms with E-state index in [0.717, 1.165) is 19.2 Å². The molecule has 0 unspecified atom stereocenters. The van der Waals surface area contributed by atoms with Crippen LogP contribution in [-0.2, 0) is 15.5 Å². The zero-order valence-electron chi connectivity index (χ0n) is 7.56. The normalized spacial score (nSPS) is 11.3. The number of halogens is 4. The van der Waals surface area contributed by atoms with E-state index < -0.39 is 17.5 Å². The van der Waals surface area contributed by atoms with Crippen LogP contribution in [0.2, 0.25) is 10.0 Å². The largest absolute Gasteiger partial charge is 0.464 e. The quantitative estimate of drug-likeness (QED) is 0.758. The van der Waals surface area contributed by atoms with Gasteiger partial charge in [0.05, 0.1) is 17.2 Å². The minimum atomic E-state index is -3.72. The summed E-state index contributed by atoms with van der Waals surface area (Å²) in [4.78, 5) is 10.8. The second-order valence-electron chi connectivity index (χ2n) is 2.69. The van der Waals surface area contributed by atoms with Crippen molar-refractivity contribution >= 4 is 29.2 Å². The van der Waals surface area contributed by atoms with Crippen LogP contribution in [0.25, 0.3) is 0 Å². The van der Waals surface area contributed by atoms with Gasteiger partial charge >= 0.3 is 11.9 Å². The van der Waals surface area contributed by atoms with Crippen LogP contribution in [0.5, 0.6) is 0 Å². The third-order valence-electron chi connectivity index (χ3n) is 1.72. The lowest BCUT2D eigenvalue weighted by atomic mass is 10.1. The van der Waals surface area contributed by atoms with Gasteiger partial charge < -0.3 is 4.74 Å². The Labute approximate surface area is 94.7 Å². The Bertz CT molecular complexity index is 394. The summed E-state index contributed by atoms with van der Waals surface area (Å²) >= 11 is 11.1. The monoisotopic (exact) mass is 254 g/mol. The van der Waals surface area contributed by atoms with Gasteiger partial charge in [-0.2, -0.15) is 8.78 Å². The fourth-order valence-electron chi connectivity index (χ4n) is 0.937. The first kappa shape index (κ1) is 12.2. The molecule has 0 radical (unpaired) electrons. The smallest absolute Gasteiger partial charge is 0.381 e. The molecule has 0 N–H and O–H groups in total. The number of esters is 1. The third kappa shape index (κ3) is 2.38. The number of benzene rings is 1. The van der Waals surface area contributed by atoms with E-state index in [0.29, 0.717) is 0 Å². The predicted molar refractivity (Wildman–Crippen MR) is 52.4 cm³/mol. The molecule has 0 fully saturated rings. The lowest BCUT2D eigenvalue weighted by Crippen LogP contribution is -2.27. The van der Waals surface area contributed by atoms with E-state index in [1.807, 2.05) is 0 Å². The summed E-state index contributed by atoms with van der Waals surface area (Å²) in [5.41, 5.74) is -0.552. The number of carbonyl (C=O) groups is 1. The average molecular weight is 255 g/mol. The van der Waals surface area contributed by atoms with Crippen molar-refractivity contribution in [3.63, 3.8) is 0 Å². The van der Waals surface area contributed by atoms with Crippen molar-refractivity contribution in [2.75, 3.05) is 7.11 Å². The van der Waals surface area contributed by atoms with Gasteiger partial charge in [0.2, 0.25) is 0 Å². The van der Waals surface area contributed by atoms with E-state index in [1.165, 1.54) is 6.07 Å². The van der Waals surface area contributed by atoms with Crippen molar-refractivity contribution in [2.45, 2.75) is 5.92 Å². The number of methoxy groups -OCH3 is 1. The van der Waals surface area contributed by atoms with Crippen molar-refractivity contribution < 1.29 is 18.3 Å². The standard InChI is InChI=1S/C9H6Cl2F2O2/c1-15-8(14)9(12,13)5-2-3-6(10)7(11)4-5/h2-4H,1H3. The highest BCUT2D eigenvalue weighted by molar-refractivity contribution is 6.42. The first-order valence-corrected chi connectivity index (χ1v) is 4.57. The molecule has 82 valence electrons. The van der Waals surface area contributed by atoms with E-state index >= 15 is 0 Å². The van der Waals surface area contributed by atoms with Gasteiger partial charge in [0.1, 0.15) is 0 Å². The Morgan fingerprint density at radius 2 is 1.93 bits per heavy atom. The Balaban J connectivity index is 3.16. The Morgan fingerprint density at radius 1 is 1.33 bits per heavy atom. The van der Waals surface area contributed by atoms with Crippen LogP contribution < -0.4 is 0 Å². The highest BCUT2D eigenvalue weighted by Crippen LogP contribution is 2.33. The SMILES string of the molecule is COC(=O)C(F)(F)c1ccc(Cl)c(Cl)c1. The molecule has 0 amide bonds. The maximum absolute atomic E-state index is 13.3. The lowest BCUT2D eigenvalue weighted by molar-refractivity contribution is -0.170. The Kier molecular flexibility index (Phi) is 3.52. The Morgan fingerprint density at radius 3 is 2.40 bits per heavy atom. The van der Waals surface area contributed by atoms with Gasteiger partial charge in [-0.15, -0.1) is 0 Å². The average Bonchev–Trinajstić information content (AvgIpc) is 2.20. The molecule has 0 saturated heterocycles. The highest BCUT2D eigenvalue weighted by Gasteiger charge is 2.42. The van der Waals surface area contributed by atoms with Gasteiger partial charge in [0.15, 0.2) is 0 Å². The molecule has 6 heteroatoms. The van der Waals surface area contributed by atoms with Gasteiger partial charge in [-0.3, -0.25) is 0 Å². The molecule has 1 aromatic carbocycles. The van der Waals surface area contributed by atoms with E-state index in [9.17, 15) is 13.6 Å². The highest BCUT2D eigenvalue weighted by atomic mass is 35.5. The van der Waals surface area contributed by atoms with Crippen LogP contribution in [0.4, 0.5) is 8.78 Å². The molecule has 2 nitrogen and oxygen atoms in total. The number of alkyl halides is 2. The van der Waals surface area contributed by atoms with Crippen molar-refractivity contribution in [1.29, 1.82) is 0 Å². The zero-order valence-corrected chi connectivity index (χ0v) is 9.07. The molecule has 1 rings (SSSR count). The second kappa shape index (κ2) is 4.33. The van der Waals surface area contributed by atoms with E-state index in [1.54, 1.807) is 0 Å². The molecule has 0 aromatic heterocycles. The summed E-state index contributed by atoms with van der Waals surface area (Å²) in [5.74, 6) is -5.36. The van der Waals surface area contributed by atoms with E-state index in [-0.39, 0.29) is 10.0 Å². The molecule has 1 aromatic rings. The number of ether oxygens (including phenoxy) is 1. The molecule has 0 aliphatic carbocycles. The van der Waals surface area contributed by atoms with Crippen molar-refractivity contribution in [3.05, 3.63) is 33.8 Å². The number of carbonyl (C=O) groups excluding carboxylic acids is 1. The van der Waals surface area contributed by atoms with Crippen LogP contribution in [0.15, 0.2) is 18.2 Å². The predicted octanol–water partition coefficient (Wildman–Crippen LogP) is 3.26. The molecule has 0 bridgehead atoms. The first-order valence-electron chi connectivity index (χ1n) is 3.81. The molecule has 0 aliphatic rings. The fourth-order valence-corrected chi connectivity index (χ4v) is 1.24. The Hall–Kier alpha value is -0.870. The molecule has 0 spiro atoms. The summed E-state index contributed by atoms with van der Waals surface area (Å²) < 4.78 is 30.5. The maximum Gasteiger partial charge on any atom is 0.381 e. The van der Waals surface area contributed by atoms with Crippen molar-refractivity contribution in [1.82, 2.24) is 0 Å². The molecular formula is C9H6Cl2F2O2. The van der Waals surface area contributed by atoms with Crippen LogP contribution in [0.3, 0.4) is 0 Å². The first-order chi connectivity index (χ1) is 6.89. The molecule has 15 heavy (non-hydrogen) atoms. The topological polar surface area (TPSA) is 26.3 Å². The number of hydrogen-bond donors (Lipinski definition) is 0. The molecule has 0 aliphatic heterocycles. The van der Waals surface area contributed by atoms with E-state index in [4.69, 9.17) is 23.2 Å². The fraction of sp³-hybridized carbons (Fsp3) is 0.222. The van der Waals surface area contributed by atoms with Gasteiger partial charge in [0.25, 0.3) is 0 Å². The third-order valence-corrected chi connectivity index (χ3v) is 2.46. The van der Waals surface area contributed by atoms with Crippen LogP contribution in [0.1, 0.15) is 5.56 Å². The van der Waals surface area contributed by atoms with Gasteiger partial charge in [-0.05, 0) is 12.1 Å². The second-order valence-corrected chi connectivity index (χ2v) is 3.51.